The van der Waals surface area contributed by atoms with Crippen molar-refractivity contribution in [3.05, 3.63) is 41.2 Å². The molecule has 1 heterocycles. The molecule has 2 rings (SSSR count). The first kappa shape index (κ1) is 33.5. The minimum atomic E-state index is -1.03. The van der Waals surface area contributed by atoms with Gasteiger partial charge in [0, 0.05) is 32.1 Å². The minimum absolute atomic E-state index is 0.0903. The summed E-state index contributed by atoms with van der Waals surface area (Å²) >= 11 is 0. The topological polar surface area (TPSA) is 106 Å². The number of methoxy groups -OCH3 is 1. The molecule has 0 aromatic heterocycles. The first-order valence-electron chi connectivity index (χ1n) is 13.8. The molecule has 224 valence electrons. The van der Waals surface area contributed by atoms with Crippen LogP contribution in [0.3, 0.4) is 0 Å². The second-order valence-electron chi connectivity index (χ2n) is 12.0. The van der Waals surface area contributed by atoms with Gasteiger partial charge in [-0.2, -0.15) is 0 Å². The van der Waals surface area contributed by atoms with Crippen LogP contribution in [0.1, 0.15) is 90.6 Å². The van der Waals surface area contributed by atoms with E-state index in [4.69, 9.17) is 14.2 Å². The van der Waals surface area contributed by atoms with Crippen molar-refractivity contribution in [3.63, 3.8) is 0 Å². The van der Waals surface area contributed by atoms with Crippen molar-refractivity contribution in [2.24, 2.45) is 5.92 Å². The van der Waals surface area contributed by atoms with E-state index in [0.717, 1.165) is 0 Å². The van der Waals surface area contributed by atoms with Gasteiger partial charge in [0.2, 0.25) is 0 Å². The number of hydrogen-bond donors (Lipinski definition) is 2. The molecule has 8 nitrogen and oxygen atoms in total. The maximum absolute atomic E-state index is 14.5. The number of amides is 1. The monoisotopic (exact) mass is 563 g/mol. The summed E-state index contributed by atoms with van der Waals surface area (Å²) in [5.41, 5.74) is 0.0478. The van der Waals surface area contributed by atoms with Crippen LogP contribution in [0.5, 0.6) is 5.75 Å². The molecule has 0 bridgehead atoms. The predicted octanol–water partition coefficient (Wildman–Crippen LogP) is 6.23. The van der Waals surface area contributed by atoms with Gasteiger partial charge >= 0.3 is 6.09 Å². The van der Waals surface area contributed by atoms with Crippen molar-refractivity contribution < 1.29 is 38.4 Å². The lowest BCUT2D eigenvalue weighted by atomic mass is 9.89. The summed E-state index contributed by atoms with van der Waals surface area (Å²) in [4.78, 5) is 27.6. The molecule has 9 heteroatoms. The average molecular weight is 564 g/mol. The summed E-state index contributed by atoms with van der Waals surface area (Å²) in [6.45, 7) is 14.5. The molecule has 0 spiro atoms. The van der Waals surface area contributed by atoms with Gasteiger partial charge in [0.05, 0.1) is 41.8 Å². The number of nitrogens with zero attached hydrogens (tertiary/aromatic N) is 1. The highest BCUT2D eigenvalue weighted by Crippen LogP contribution is 2.39. The summed E-state index contributed by atoms with van der Waals surface area (Å²) in [6, 6.07) is 3.40. The van der Waals surface area contributed by atoms with Crippen LogP contribution in [0.25, 0.3) is 6.08 Å². The average Bonchev–Trinajstić information content (AvgIpc) is 2.80. The lowest BCUT2D eigenvalue weighted by Gasteiger charge is -2.34. The van der Waals surface area contributed by atoms with Gasteiger partial charge in [-0.05, 0) is 72.6 Å². The standard InChI is InChI=1S/C31H46FNO7/c1-10-33(29(37)40-30(4,5)6)23-15-21(28-25(36)18-31(7,8)39-27(28)17-23)12-11-13-24(35)26(38-9)16-22(32)14-19(2)20(3)34/h11-12,14-15,17,19-20,24,26,34-35H,10,13,16,18H2,1-9H3/b12-11+,22-14?/t19-,20?,24?,26?/m1/s1. The Balaban J connectivity index is 2.37. The van der Waals surface area contributed by atoms with Crippen LogP contribution < -0.4 is 9.64 Å². The van der Waals surface area contributed by atoms with Gasteiger partial charge in [0.1, 0.15) is 17.0 Å². The third-order valence-corrected chi connectivity index (χ3v) is 6.62. The zero-order valence-electron chi connectivity index (χ0n) is 25.3. The SMILES string of the molecule is CCN(C(=O)OC(C)(C)C)c1cc(/C=C/CC(O)C(CC(F)=C[C@@H](C)C(C)O)OC)c2c(c1)OC(C)(C)CC2=O. The number of fused-ring (bicyclic) bond motifs is 1. The molecule has 0 saturated heterocycles. The van der Waals surface area contributed by atoms with E-state index in [1.165, 1.54) is 18.1 Å². The summed E-state index contributed by atoms with van der Waals surface area (Å²) < 4.78 is 31.5. The first-order chi connectivity index (χ1) is 18.5. The normalized spacial score (nSPS) is 18.5. The summed E-state index contributed by atoms with van der Waals surface area (Å²) in [5, 5.41) is 20.3. The number of Topliss-reactive ketones (excluding diaryl/α,β-unsaturated/α-hetero) is 1. The van der Waals surface area contributed by atoms with Crippen molar-refractivity contribution >= 4 is 23.6 Å². The van der Waals surface area contributed by atoms with Gasteiger partial charge in [0.15, 0.2) is 5.78 Å². The molecule has 3 unspecified atom stereocenters. The number of ether oxygens (including phenoxy) is 3. The van der Waals surface area contributed by atoms with Gasteiger partial charge in [-0.25, -0.2) is 9.18 Å². The van der Waals surface area contributed by atoms with Gasteiger partial charge in [-0.3, -0.25) is 9.69 Å². The van der Waals surface area contributed by atoms with E-state index in [2.05, 4.69) is 0 Å². The van der Waals surface area contributed by atoms with Crippen molar-refractivity contribution in [3.8, 4) is 5.75 Å². The van der Waals surface area contributed by atoms with Gasteiger partial charge in [-0.15, -0.1) is 0 Å². The Bertz CT molecular complexity index is 1100. The van der Waals surface area contributed by atoms with Crippen LogP contribution in [-0.2, 0) is 9.47 Å². The van der Waals surface area contributed by atoms with Gasteiger partial charge in [-0.1, -0.05) is 19.1 Å². The number of carbonyl (C=O) groups excluding carboxylic acids is 2. The van der Waals surface area contributed by atoms with Crippen LogP contribution in [0.2, 0.25) is 0 Å². The number of carbonyl (C=O) groups is 2. The quantitative estimate of drug-likeness (QED) is 0.329. The summed E-state index contributed by atoms with van der Waals surface area (Å²) in [7, 11) is 1.40. The minimum Gasteiger partial charge on any atom is -0.487 e. The van der Waals surface area contributed by atoms with Gasteiger partial charge < -0.3 is 24.4 Å². The largest absolute Gasteiger partial charge is 0.487 e. The van der Waals surface area contributed by atoms with E-state index < -0.39 is 41.4 Å². The highest BCUT2D eigenvalue weighted by molar-refractivity contribution is 6.04. The van der Waals surface area contributed by atoms with E-state index in [1.807, 2.05) is 20.8 Å². The predicted molar refractivity (Wildman–Crippen MR) is 154 cm³/mol. The maximum atomic E-state index is 14.5. The van der Waals surface area contributed by atoms with E-state index in [0.29, 0.717) is 29.1 Å². The Kier molecular flexibility index (Phi) is 11.5. The molecule has 0 aliphatic carbocycles. The molecule has 0 radical (unpaired) electrons. The molecule has 4 atom stereocenters. The van der Waals surface area contributed by atoms with Crippen molar-refractivity contribution in [2.45, 2.75) is 104 Å². The first-order valence-corrected chi connectivity index (χ1v) is 13.8. The van der Waals surface area contributed by atoms with Crippen molar-refractivity contribution in [1.29, 1.82) is 0 Å². The number of hydrogen-bond acceptors (Lipinski definition) is 7. The molecule has 2 N–H and O–H groups in total. The molecule has 1 amide bonds. The molecule has 1 aromatic rings. The molecular formula is C31H46FNO7. The molecule has 0 fully saturated rings. The van der Waals surface area contributed by atoms with E-state index in [9.17, 15) is 24.2 Å². The number of anilines is 1. The highest BCUT2D eigenvalue weighted by atomic mass is 19.1. The molecule has 1 aliphatic heterocycles. The van der Waals surface area contributed by atoms with Crippen LogP contribution in [-0.4, -0.2) is 65.3 Å². The fourth-order valence-electron chi connectivity index (χ4n) is 4.38. The lowest BCUT2D eigenvalue weighted by molar-refractivity contribution is -0.0119. The summed E-state index contributed by atoms with van der Waals surface area (Å²) in [6.07, 6.45) is 1.83. The Morgan fingerprint density at radius 3 is 2.45 bits per heavy atom. The molecule has 40 heavy (non-hydrogen) atoms. The van der Waals surface area contributed by atoms with Crippen LogP contribution in [0.15, 0.2) is 30.1 Å². The Morgan fingerprint density at radius 2 is 1.90 bits per heavy atom. The number of benzene rings is 1. The fraction of sp³-hybridized carbons (Fsp3) is 0.613. The molecule has 1 aromatic carbocycles. The Morgan fingerprint density at radius 1 is 1.25 bits per heavy atom. The fourth-order valence-corrected chi connectivity index (χ4v) is 4.38. The third-order valence-electron chi connectivity index (χ3n) is 6.62. The van der Waals surface area contributed by atoms with E-state index in [-0.39, 0.29) is 31.0 Å². The number of aliphatic hydroxyl groups is 2. The second-order valence-corrected chi connectivity index (χ2v) is 12.0. The van der Waals surface area contributed by atoms with Gasteiger partial charge in [0.25, 0.3) is 0 Å². The number of halogens is 1. The second kappa shape index (κ2) is 13.7. The smallest absolute Gasteiger partial charge is 0.414 e. The van der Waals surface area contributed by atoms with Crippen LogP contribution in [0.4, 0.5) is 14.9 Å². The number of ketones is 1. The molecule has 0 saturated carbocycles. The Labute approximate surface area is 237 Å². The van der Waals surface area contributed by atoms with Crippen molar-refractivity contribution in [2.75, 3.05) is 18.6 Å². The summed E-state index contributed by atoms with van der Waals surface area (Å²) in [5.74, 6) is -0.569. The third kappa shape index (κ3) is 9.42. The van der Waals surface area contributed by atoms with Crippen molar-refractivity contribution in [1.82, 2.24) is 0 Å². The van der Waals surface area contributed by atoms with Crippen LogP contribution >= 0.6 is 0 Å². The molecular weight excluding hydrogens is 517 g/mol. The highest BCUT2D eigenvalue weighted by Gasteiger charge is 2.35. The van der Waals surface area contributed by atoms with E-state index >= 15 is 0 Å². The maximum Gasteiger partial charge on any atom is 0.414 e. The molecule has 1 aliphatic rings. The Hall–Kier alpha value is -2.75. The van der Waals surface area contributed by atoms with E-state index in [1.54, 1.807) is 58.9 Å². The number of aliphatic hydroxyl groups excluding tert-OH is 2. The van der Waals surface area contributed by atoms with Crippen LogP contribution in [0, 0.1) is 5.92 Å². The zero-order valence-corrected chi connectivity index (χ0v) is 25.3. The zero-order chi connectivity index (χ0) is 30.4. The lowest BCUT2D eigenvalue weighted by Crippen LogP contribution is -2.38. The number of rotatable bonds is 11.